The average molecular weight is 394 g/mol. The van der Waals surface area contributed by atoms with Gasteiger partial charge >= 0.3 is 12.1 Å². The van der Waals surface area contributed by atoms with E-state index in [0.717, 1.165) is 24.6 Å². The van der Waals surface area contributed by atoms with Crippen molar-refractivity contribution in [2.24, 2.45) is 5.92 Å². The maximum atomic E-state index is 12.6. The van der Waals surface area contributed by atoms with E-state index in [1.165, 1.54) is 4.90 Å². The van der Waals surface area contributed by atoms with Gasteiger partial charge in [-0.2, -0.15) is 0 Å². The third-order valence-corrected chi connectivity index (χ3v) is 3.72. The van der Waals surface area contributed by atoms with E-state index in [1.54, 1.807) is 6.92 Å². The standard InChI is InChI=1S/C17H32BrNO4/c1-7-22-15(20)14(13(2)3)19(12-10-8-9-11-18)16(21)23-17(4,5)6/h13-14H,7-12H2,1-6H3/t14-/m0/s1. The van der Waals surface area contributed by atoms with Crippen LogP contribution in [0.2, 0.25) is 0 Å². The molecule has 0 heterocycles. The lowest BCUT2D eigenvalue weighted by molar-refractivity contribution is -0.151. The Balaban J connectivity index is 5.17. The van der Waals surface area contributed by atoms with Crippen molar-refractivity contribution in [2.75, 3.05) is 18.5 Å². The van der Waals surface area contributed by atoms with Gasteiger partial charge in [0, 0.05) is 11.9 Å². The Morgan fingerprint density at radius 3 is 2.17 bits per heavy atom. The number of nitrogens with zero attached hydrogens (tertiary/aromatic N) is 1. The van der Waals surface area contributed by atoms with Crippen LogP contribution >= 0.6 is 15.9 Å². The lowest BCUT2D eigenvalue weighted by atomic mass is 10.0. The van der Waals surface area contributed by atoms with Crippen molar-refractivity contribution >= 4 is 28.0 Å². The van der Waals surface area contributed by atoms with Crippen molar-refractivity contribution < 1.29 is 19.1 Å². The molecule has 0 aromatic rings. The van der Waals surface area contributed by atoms with Gasteiger partial charge in [0.15, 0.2) is 0 Å². The molecule has 0 N–H and O–H groups in total. The number of carbonyl (C=O) groups excluding carboxylic acids is 2. The Morgan fingerprint density at radius 1 is 1.13 bits per heavy atom. The Hall–Kier alpha value is -0.780. The van der Waals surface area contributed by atoms with Crippen LogP contribution in [0.3, 0.4) is 0 Å². The van der Waals surface area contributed by atoms with Gasteiger partial charge in [0.1, 0.15) is 11.6 Å². The average Bonchev–Trinajstić information content (AvgIpc) is 2.39. The topological polar surface area (TPSA) is 55.8 Å². The van der Waals surface area contributed by atoms with Gasteiger partial charge in [-0.05, 0) is 46.5 Å². The largest absolute Gasteiger partial charge is 0.464 e. The minimum absolute atomic E-state index is 0.0438. The maximum Gasteiger partial charge on any atom is 0.411 e. The number of hydrogen-bond acceptors (Lipinski definition) is 4. The highest BCUT2D eigenvalue weighted by Gasteiger charge is 2.35. The minimum Gasteiger partial charge on any atom is -0.464 e. The molecule has 136 valence electrons. The molecule has 5 nitrogen and oxygen atoms in total. The smallest absolute Gasteiger partial charge is 0.411 e. The van der Waals surface area contributed by atoms with Crippen LogP contribution in [0.25, 0.3) is 0 Å². The third kappa shape index (κ3) is 9.18. The van der Waals surface area contributed by atoms with E-state index in [2.05, 4.69) is 15.9 Å². The van der Waals surface area contributed by atoms with Gasteiger partial charge in [-0.1, -0.05) is 36.2 Å². The van der Waals surface area contributed by atoms with Crippen molar-refractivity contribution in [3.63, 3.8) is 0 Å². The Kier molecular flexibility index (Phi) is 10.5. The second-order valence-corrected chi connectivity index (χ2v) is 7.66. The van der Waals surface area contributed by atoms with Gasteiger partial charge in [0.25, 0.3) is 0 Å². The summed E-state index contributed by atoms with van der Waals surface area (Å²) < 4.78 is 10.6. The zero-order valence-electron chi connectivity index (χ0n) is 15.4. The van der Waals surface area contributed by atoms with E-state index in [4.69, 9.17) is 9.47 Å². The number of alkyl halides is 1. The van der Waals surface area contributed by atoms with Crippen molar-refractivity contribution in [1.82, 2.24) is 4.90 Å². The number of hydrogen-bond donors (Lipinski definition) is 0. The number of amides is 1. The summed E-state index contributed by atoms with van der Waals surface area (Å²) in [5.74, 6) is -0.411. The monoisotopic (exact) mass is 393 g/mol. The summed E-state index contributed by atoms with van der Waals surface area (Å²) in [4.78, 5) is 26.4. The molecule has 1 atom stereocenters. The van der Waals surface area contributed by atoms with Gasteiger partial charge in [0.2, 0.25) is 0 Å². The summed E-state index contributed by atoms with van der Waals surface area (Å²) >= 11 is 3.40. The van der Waals surface area contributed by atoms with E-state index >= 15 is 0 Å². The van der Waals surface area contributed by atoms with Crippen LogP contribution in [0.1, 0.15) is 60.8 Å². The quantitative estimate of drug-likeness (QED) is 0.331. The van der Waals surface area contributed by atoms with E-state index in [-0.39, 0.29) is 11.9 Å². The zero-order valence-corrected chi connectivity index (χ0v) is 16.9. The Labute approximate surface area is 149 Å². The van der Waals surface area contributed by atoms with Gasteiger partial charge in [-0.15, -0.1) is 0 Å². The third-order valence-electron chi connectivity index (χ3n) is 3.16. The first-order chi connectivity index (χ1) is 10.6. The van der Waals surface area contributed by atoms with Crippen LogP contribution < -0.4 is 0 Å². The molecule has 0 spiro atoms. The van der Waals surface area contributed by atoms with Gasteiger partial charge in [0.05, 0.1) is 6.61 Å². The predicted octanol–water partition coefficient (Wildman–Crippen LogP) is 4.38. The molecule has 0 radical (unpaired) electrons. The van der Waals surface area contributed by atoms with Crippen LogP contribution in [0.5, 0.6) is 0 Å². The summed E-state index contributed by atoms with van der Waals surface area (Å²) in [5, 5.41) is 0.935. The molecule has 0 rings (SSSR count). The molecule has 0 aliphatic carbocycles. The summed E-state index contributed by atoms with van der Waals surface area (Å²) in [7, 11) is 0. The first-order valence-corrected chi connectivity index (χ1v) is 9.48. The van der Waals surface area contributed by atoms with Crippen LogP contribution in [-0.2, 0) is 14.3 Å². The highest BCUT2D eigenvalue weighted by atomic mass is 79.9. The maximum absolute atomic E-state index is 12.6. The number of unbranched alkanes of at least 4 members (excludes halogenated alkanes) is 2. The molecule has 0 bridgehead atoms. The molecule has 0 aliphatic rings. The van der Waals surface area contributed by atoms with E-state index < -0.39 is 17.7 Å². The second kappa shape index (κ2) is 10.9. The van der Waals surface area contributed by atoms with Gasteiger partial charge < -0.3 is 9.47 Å². The lowest BCUT2D eigenvalue weighted by Gasteiger charge is -2.34. The Morgan fingerprint density at radius 2 is 1.74 bits per heavy atom. The Bertz CT molecular complexity index is 366. The van der Waals surface area contributed by atoms with Gasteiger partial charge in [-0.25, -0.2) is 9.59 Å². The number of esters is 1. The molecule has 0 saturated heterocycles. The highest BCUT2D eigenvalue weighted by molar-refractivity contribution is 9.09. The summed E-state index contributed by atoms with van der Waals surface area (Å²) in [5.41, 5.74) is -0.596. The molecule has 0 aliphatic heterocycles. The molecule has 0 aromatic heterocycles. The molecule has 1 amide bonds. The first kappa shape index (κ1) is 22.2. The molecular weight excluding hydrogens is 362 g/mol. The lowest BCUT2D eigenvalue weighted by Crippen LogP contribution is -2.50. The van der Waals surface area contributed by atoms with Crippen LogP contribution in [0, 0.1) is 5.92 Å². The SMILES string of the molecule is CCOC(=O)[C@H](C(C)C)N(CCCCCBr)C(=O)OC(C)(C)C. The summed E-state index contributed by atoms with van der Waals surface area (Å²) in [6, 6.07) is -0.617. The summed E-state index contributed by atoms with van der Waals surface area (Å²) in [6.07, 6.45) is 2.39. The van der Waals surface area contributed by atoms with Crippen molar-refractivity contribution in [3.05, 3.63) is 0 Å². The van der Waals surface area contributed by atoms with Gasteiger partial charge in [-0.3, -0.25) is 4.90 Å². The second-order valence-electron chi connectivity index (χ2n) is 6.86. The number of carbonyl (C=O) groups is 2. The number of halogens is 1. The van der Waals surface area contributed by atoms with E-state index in [0.29, 0.717) is 13.2 Å². The van der Waals surface area contributed by atoms with Crippen molar-refractivity contribution in [2.45, 2.75) is 72.4 Å². The zero-order chi connectivity index (χ0) is 18.0. The normalized spacial score (nSPS) is 12.9. The van der Waals surface area contributed by atoms with Crippen LogP contribution in [0.15, 0.2) is 0 Å². The fourth-order valence-electron chi connectivity index (χ4n) is 2.20. The van der Waals surface area contributed by atoms with Crippen molar-refractivity contribution in [1.29, 1.82) is 0 Å². The van der Waals surface area contributed by atoms with Crippen LogP contribution in [-0.4, -0.2) is 47.1 Å². The molecule has 6 heteroatoms. The molecular formula is C17H32BrNO4. The first-order valence-electron chi connectivity index (χ1n) is 8.36. The van der Waals surface area contributed by atoms with Crippen molar-refractivity contribution in [3.8, 4) is 0 Å². The number of ether oxygens (including phenoxy) is 2. The predicted molar refractivity (Wildman–Crippen MR) is 95.8 cm³/mol. The molecule has 23 heavy (non-hydrogen) atoms. The summed E-state index contributed by atoms with van der Waals surface area (Å²) in [6.45, 7) is 11.9. The number of rotatable bonds is 9. The fraction of sp³-hybridized carbons (Fsp3) is 0.882. The molecule has 0 unspecified atom stereocenters. The van der Waals surface area contributed by atoms with Crippen LogP contribution in [0.4, 0.5) is 4.79 Å². The molecule has 0 saturated carbocycles. The molecule has 0 fully saturated rings. The molecule has 0 aromatic carbocycles. The highest BCUT2D eigenvalue weighted by Crippen LogP contribution is 2.19. The van der Waals surface area contributed by atoms with E-state index in [9.17, 15) is 9.59 Å². The van der Waals surface area contributed by atoms with E-state index in [1.807, 2.05) is 34.6 Å². The minimum atomic E-state index is -0.617. The fourth-order valence-corrected chi connectivity index (χ4v) is 2.60.